The molecule has 0 radical (unpaired) electrons. The maximum absolute atomic E-state index is 13.0. The van der Waals surface area contributed by atoms with Crippen molar-refractivity contribution in [2.24, 2.45) is 4.99 Å². The van der Waals surface area contributed by atoms with Gasteiger partial charge in [-0.05, 0) is 68.4 Å². The molecule has 1 unspecified atom stereocenters. The van der Waals surface area contributed by atoms with Gasteiger partial charge in [-0.3, -0.25) is 9.79 Å². The number of halogens is 5. The molecule has 1 atom stereocenters. The molecule has 1 amide bonds. The Morgan fingerprint density at radius 3 is 2.21 bits per heavy atom. The van der Waals surface area contributed by atoms with E-state index in [2.05, 4.69) is 41.6 Å². The molecule has 1 spiro atoms. The maximum Gasteiger partial charge on any atom is 0.453 e. The predicted octanol–water partition coefficient (Wildman–Crippen LogP) is 5.84. The van der Waals surface area contributed by atoms with E-state index in [-0.39, 0.29) is 12.3 Å². The second kappa shape index (κ2) is 13.2. The number of aliphatic imine (C=N–C) groups is 1. The van der Waals surface area contributed by atoms with E-state index < -0.39 is 35.4 Å². The van der Waals surface area contributed by atoms with Crippen molar-refractivity contribution in [1.29, 1.82) is 0 Å². The Bertz CT molecular complexity index is 1000. The summed E-state index contributed by atoms with van der Waals surface area (Å²) in [5.41, 5.74) is 3.76. The molecular formula is C27H39F5N4O2S. The van der Waals surface area contributed by atoms with Crippen LogP contribution >= 0.6 is 0 Å². The number of anilines is 1. The van der Waals surface area contributed by atoms with Crippen LogP contribution in [0.2, 0.25) is 0 Å². The SMILES string of the molecule is CNc1cc(C)c(CC[S+]([O-])N2CCC3(CC2)N=C(CCCCCCCC(F)(F)C(F)(F)F)NC3=O)c(C)c1. The van der Waals surface area contributed by atoms with Gasteiger partial charge < -0.3 is 15.2 Å². The molecule has 3 rings (SSSR count). The number of hydrogen-bond acceptors (Lipinski definition) is 5. The number of rotatable bonds is 13. The zero-order valence-corrected chi connectivity index (χ0v) is 23.7. The standard InChI is InChI=1S/C27H39F5N4O2S/c1-19-17-21(33-3)18-20(2)22(19)10-16-39(38)36-14-12-25(13-15-36)24(37)34-23(35-25)9-7-5-4-6-8-11-26(28,29)27(30,31)32/h17-18,33H,4-16H2,1-3H3,(H,34,35,37). The third-order valence-corrected chi connectivity index (χ3v) is 9.19. The molecule has 1 aromatic carbocycles. The van der Waals surface area contributed by atoms with Gasteiger partial charge >= 0.3 is 12.1 Å². The molecule has 2 heterocycles. The number of hydrogen-bond donors (Lipinski definition) is 2. The number of amidine groups is 1. The molecule has 0 aliphatic carbocycles. The molecule has 0 bridgehead atoms. The first kappa shape index (κ1) is 31.6. The summed E-state index contributed by atoms with van der Waals surface area (Å²) in [4.78, 5) is 17.4. The quantitative estimate of drug-likeness (QED) is 0.175. The molecule has 0 aromatic heterocycles. The highest BCUT2D eigenvalue weighted by Crippen LogP contribution is 2.39. The van der Waals surface area contributed by atoms with Crippen LogP contribution in [0.3, 0.4) is 0 Å². The summed E-state index contributed by atoms with van der Waals surface area (Å²) in [5.74, 6) is -3.67. The van der Waals surface area contributed by atoms with Gasteiger partial charge in [0.1, 0.15) is 17.1 Å². The number of alkyl halides is 5. The largest absolute Gasteiger partial charge is 0.598 e. The van der Waals surface area contributed by atoms with Gasteiger partial charge in [0, 0.05) is 56.4 Å². The van der Waals surface area contributed by atoms with E-state index in [1.54, 1.807) is 0 Å². The molecule has 12 heteroatoms. The van der Waals surface area contributed by atoms with Crippen LogP contribution in [0.15, 0.2) is 17.1 Å². The Labute approximate surface area is 230 Å². The smallest absolute Gasteiger partial charge is 0.453 e. The van der Waals surface area contributed by atoms with Crippen LogP contribution in [0.5, 0.6) is 0 Å². The van der Waals surface area contributed by atoms with Crippen molar-refractivity contribution >= 4 is 28.8 Å². The summed E-state index contributed by atoms with van der Waals surface area (Å²) >= 11 is -1.16. The summed E-state index contributed by atoms with van der Waals surface area (Å²) in [6, 6.07) is 4.17. The molecule has 1 saturated heterocycles. The lowest BCUT2D eigenvalue weighted by Crippen LogP contribution is -2.50. The van der Waals surface area contributed by atoms with Crippen LogP contribution in [-0.4, -0.2) is 64.1 Å². The minimum Gasteiger partial charge on any atom is -0.598 e. The normalized spacial score (nSPS) is 18.8. The number of piperidine rings is 1. The van der Waals surface area contributed by atoms with Crippen LogP contribution in [0.1, 0.15) is 74.5 Å². The third kappa shape index (κ3) is 8.07. The number of carbonyl (C=O) groups excluding carboxylic acids is 1. The highest BCUT2D eigenvalue weighted by atomic mass is 32.2. The Kier molecular flexibility index (Phi) is 10.7. The fraction of sp³-hybridized carbons (Fsp3) is 0.704. The van der Waals surface area contributed by atoms with Crippen molar-refractivity contribution in [1.82, 2.24) is 9.62 Å². The Morgan fingerprint density at radius 1 is 1.03 bits per heavy atom. The number of carbonyl (C=O) groups is 1. The van der Waals surface area contributed by atoms with Crippen molar-refractivity contribution in [3.05, 3.63) is 28.8 Å². The summed E-state index contributed by atoms with van der Waals surface area (Å²) < 4.78 is 77.5. The molecule has 1 aromatic rings. The first-order valence-electron chi connectivity index (χ1n) is 13.5. The van der Waals surface area contributed by atoms with Gasteiger partial charge in [-0.25, -0.2) is 0 Å². The highest BCUT2D eigenvalue weighted by molar-refractivity contribution is 7.89. The van der Waals surface area contributed by atoms with E-state index in [9.17, 15) is 31.3 Å². The van der Waals surface area contributed by atoms with Gasteiger partial charge in [0.05, 0.1) is 0 Å². The van der Waals surface area contributed by atoms with Gasteiger partial charge in [0.2, 0.25) is 0 Å². The zero-order valence-electron chi connectivity index (χ0n) is 22.9. The molecule has 220 valence electrons. The van der Waals surface area contributed by atoms with E-state index in [1.165, 1.54) is 16.7 Å². The lowest BCUT2D eigenvalue weighted by atomic mass is 9.89. The second-order valence-electron chi connectivity index (χ2n) is 10.6. The van der Waals surface area contributed by atoms with Crippen molar-refractivity contribution in [3.8, 4) is 0 Å². The van der Waals surface area contributed by atoms with Gasteiger partial charge in [0.15, 0.2) is 0 Å². The van der Waals surface area contributed by atoms with Crippen LogP contribution in [0.25, 0.3) is 0 Å². The number of nitrogens with one attached hydrogen (secondary N) is 2. The number of amides is 1. The van der Waals surface area contributed by atoms with Crippen molar-refractivity contribution < 1.29 is 31.3 Å². The lowest BCUT2D eigenvalue weighted by molar-refractivity contribution is -0.284. The number of benzene rings is 1. The fourth-order valence-corrected chi connectivity index (χ4v) is 6.49. The molecular weight excluding hydrogens is 539 g/mol. The van der Waals surface area contributed by atoms with Gasteiger partial charge in [-0.15, -0.1) is 4.31 Å². The molecule has 39 heavy (non-hydrogen) atoms. The number of unbranched alkanes of at least 4 members (excludes halogenated alkanes) is 4. The van der Waals surface area contributed by atoms with Gasteiger partial charge in [-0.2, -0.15) is 22.0 Å². The molecule has 2 N–H and O–H groups in total. The predicted molar refractivity (Wildman–Crippen MR) is 145 cm³/mol. The first-order chi connectivity index (χ1) is 18.3. The Morgan fingerprint density at radius 2 is 1.62 bits per heavy atom. The van der Waals surface area contributed by atoms with E-state index in [0.717, 1.165) is 5.69 Å². The summed E-state index contributed by atoms with van der Waals surface area (Å²) in [6.45, 7) is 5.14. The number of aryl methyl sites for hydroxylation is 2. The van der Waals surface area contributed by atoms with Crippen LogP contribution in [0.4, 0.5) is 27.6 Å². The summed E-state index contributed by atoms with van der Waals surface area (Å²) in [6.07, 6.45) is -2.52. The maximum atomic E-state index is 13.0. The Balaban J connectivity index is 1.39. The molecule has 1 fully saturated rings. The average Bonchev–Trinajstić information content (AvgIpc) is 3.16. The van der Waals surface area contributed by atoms with Crippen LogP contribution in [-0.2, 0) is 22.6 Å². The van der Waals surface area contributed by atoms with E-state index >= 15 is 0 Å². The van der Waals surface area contributed by atoms with E-state index in [0.29, 0.717) is 76.0 Å². The highest BCUT2D eigenvalue weighted by Gasteiger charge is 2.56. The lowest BCUT2D eigenvalue weighted by Gasteiger charge is -2.35. The Hall–Kier alpha value is -1.92. The van der Waals surface area contributed by atoms with Gasteiger partial charge in [0.25, 0.3) is 5.91 Å². The molecule has 2 aliphatic heterocycles. The van der Waals surface area contributed by atoms with Crippen molar-refractivity contribution in [2.45, 2.75) is 95.7 Å². The van der Waals surface area contributed by atoms with Crippen LogP contribution < -0.4 is 10.6 Å². The van der Waals surface area contributed by atoms with E-state index in [4.69, 9.17) is 0 Å². The fourth-order valence-electron chi connectivity index (χ4n) is 5.26. The number of nitrogens with zero attached hydrogens (tertiary/aromatic N) is 2. The average molecular weight is 579 g/mol. The second-order valence-corrected chi connectivity index (χ2v) is 12.1. The third-order valence-electron chi connectivity index (χ3n) is 7.70. The van der Waals surface area contributed by atoms with Crippen molar-refractivity contribution in [3.63, 3.8) is 0 Å². The minimum absolute atomic E-state index is 0.145. The van der Waals surface area contributed by atoms with Crippen LogP contribution in [0, 0.1) is 13.8 Å². The van der Waals surface area contributed by atoms with E-state index in [1.807, 2.05) is 11.4 Å². The minimum atomic E-state index is -5.50. The summed E-state index contributed by atoms with van der Waals surface area (Å²) in [7, 11) is 1.88. The molecule has 2 aliphatic rings. The summed E-state index contributed by atoms with van der Waals surface area (Å²) in [5, 5.41) is 6.00. The first-order valence-corrected chi connectivity index (χ1v) is 14.8. The molecule has 6 nitrogen and oxygen atoms in total. The topological polar surface area (TPSA) is 79.8 Å². The van der Waals surface area contributed by atoms with Gasteiger partial charge in [-0.1, -0.05) is 19.3 Å². The zero-order chi connectivity index (χ0) is 28.8. The monoisotopic (exact) mass is 578 g/mol. The van der Waals surface area contributed by atoms with Crippen molar-refractivity contribution in [2.75, 3.05) is 31.2 Å². The molecule has 0 saturated carbocycles.